The molecule has 1 aromatic rings. The number of hydrogen-bond acceptors (Lipinski definition) is 1. The minimum atomic E-state index is -0.157. The van der Waals surface area contributed by atoms with E-state index >= 15 is 0 Å². The van der Waals surface area contributed by atoms with Crippen molar-refractivity contribution in [2.45, 2.75) is 33.1 Å². The third-order valence-corrected chi connectivity index (χ3v) is 3.86. The number of hydrogen-bond donors (Lipinski definition) is 1. The van der Waals surface area contributed by atoms with Crippen LogP contribution >= 0.6 is 15.9 Å². The molecule has 0 aliphatic heterocycles. The maximum Gasteiger partial charge on any atom is 0.0522 e. The SMILES string of the molecule is Cc1cc(C(C)(C)CO)cc(C)c1Br. The average molecular weight is 257 g/mol. The first-order valence-corrected chi connectivity index (χ1v) is 5.56. The van der Waals surface area contributed by atoms with Crippen molar-refractivity contribution < 1.29 is 5.11 Å². The zero-order valence-corrected chi connectivity index (χ0v) is 10.8. The molecule has 0 atom stereocenters. The second kappa shape index (κ2) is 4.03. The fourth-order valence-electron chi connectivity index (χ4n) is 1.43. The van der Waals surface area contributed by atoms with Crippen molar-refractivity contribution in [3.63, 3.8) is 0 Å². The van der Waals surface area contributed by atoms with Crippen molar-refractivity contribution in [3.05, 3.63) is 33.3 Å². The minimum absolute atomic E-state index is 0.157. The maximum atomic E-state index is 9.29. The molecule has 14 heavy (non-hydrogen) atoms. The van der Waals surface area contributed by atoms with E-state index in [1.54, 1.807) is 0 Å². The topological polar surface area (TPSA) is 20.2 Å². The van der Waals surface area contributed by atoms with Gasteiger partial charge in [-0.2, -0.15) is 0 Å². The molecule has 0 radical (unpaired) electrons. The largest absolute Gasteiger partial charge is 0.395 e. The van der Waals surface area contributed by atoms with Crippen molar-refractivity contribution in [3.8, 4) is 0 Å². The summed E-state index contributed by atoms with van der Waals surface area (Å²) in [4.78, 5) is 0. The Morgan fingerprint density at radius 1 is 1.21 bits per heavy atom. The summed E-state index contributed by atoms with van der Waals surface area (Å²) in [7, 11) is 0. The Hall–Kier alpha value is -0.340. The molecule has 0 bridgehead atoms. The fraction of sp³-hybridized carbons (Fsp3) is 0.500. The molecule has 0 unspecified atom stereocenters. The van der Waals surface area contributed by atoms with E-state index < -0.39 is 0 Å². The molecular formula is C12H17BrO. The van der Waals surface area contributed by atoms with Crippen LogP contribution in [0.2, 0.25) is 0 Å². The first kappa shape index (κ1) is 11.7. The van der Waals surface area contributed by atoms with Crippen molar-refractivity contribution in [2.24, 2.45) is 0 Å². The molecule has 0 fully saturated rings. The van der Waals surface area contributed by atoms with E-state index in [9.17, 15) is 5.11 Å². The van der Waals surface area contributed by atoms with Gasteiger partial charge in [0.1, 0.15) is 0 Å². The lowest BCUT2D eigenvalue weighted by Crippen LogP contribution is -2.22. The number of halogens is 1. The lowest BCUT2D eigenvalue weighted by Gasteiger charge is -2.23. The molecule has 0 aliphatic carbocycles. The third-order valence-electron chi connectivity index (χ3n) is 2.61. The van der Waals surface area contributed by atoms with E-state index in [1.807, 2.05) is 0 Å². The van der Waals surface area contributed by atoms with Crippen LogP contribution in [-0.2, 0) is 5.41 Å². The summed E-state index contributed by atoms with van der Waals surface area (Å²) >= 11 is 3.54. The van der Waals surface area contributed by atoms with Crippen LogP contribution in [0.5, 0.6) is 0 Å². The zero-order valence-electron chi connectivity index (χ0n) is 9.19. The van der Waals surface area contributed by atoms with Gasteiger partial charge in [0.2, 0.25) is 0 Å². The molecule has 0 aliphatic rings. The lowest BCUT2D eigenvalue weighted by atomic mass is 9.84. The maximum absolute atomic E-state index is 9.29. The highest BCUT2D eigenvalue weighted by Gasteiger charge is 2.20. The summed E-state index contributed by atoms with van der Waals surface area (Å²) in [5.41, 5.74) is 3.48. The second-order valence-corrected chi connectivity index (χ2v) is 5.26. The number of aliphatic hydroxyl groups excluding tert-OH is 1. The molecule has 0 saturated carbocycles. The van der Waals surface area contributed by atoms with E-state index in [4.69, 9.17) is 0 Å². The fourth-order valence-corrected chi connectivity index (χ4v) is 1.66. The highest BCUT2D eigenvalue weighted by molar-refractivity contribution is 9.10. The van der Waals surface area contributed by atoms with Gasteiger partial charge in [-0.15, -0.1) is 0 Å². The molecule has 1 nitrogen and oxygen atoms in total. The smallest absolute Gasteiger partial charge is 0.0522 e. The first-order valence-electron chi connectivity index (χ1n) is 4.76. The quantitative estimate of drug-likeness (QED) is 0.861. The van der Waals surface area contributed by atoms with Gasteiger partial charge in [0.25, 0.3) is 0 Å². The van der Waals surface area contributed by atoms with Crippen molar-refractivity contribution in [1.29, 1.82) is 0 Å². The molecular weight excluding hydrogens is 240 g/mol. The molecule has 1 rings (SSSR count). The average Bonchev–Trinajstić information content (AvgIpc) is 2.13. The van der Waals surface area contributed by atoms with Crippen LogP contribution in [0, 0.1) is 13.8 Å². The van der Waals surface area contributed by atoms with E-state index in [1.165, 1.54) is 16.7 Å². The summed E-state index contributed by atoms with van der Waals surface area (Å²) in [6.45, 7) is 8.43. The van der Waals surface area contributed by atoms with Gasteiger partial charge in [-0.1, -0.05) is 41.9 Å². The number of rotatable bonds is 2. The molecule has 2 heteroatoms. The van der Waals surface area contributed by atoms with Crippen LogP contribution in [0.15, 0.2) is 16.6 Å². The molecule has 0 aromatic heterocycles. The standard InChI is InChI=1S/C12H17BrO/c1-8-5-10(12(3,4)7-14)6-9(2)11(8)13/h5-6,14H,7H2,1-4H3. The molecule has 0 spiro atoms. The molecule has 0 saturated heterocycles. The molecule has 0 amide bonds. The molecule has 78 valence electrons. The van der Waals surface area contributed by atoms with Crippen molar-refractivity contribution in [2.75, 3.05) is 6.61 Å². The normalized spacial score (nSPS) is 11.9. The summed E-state index contributed by atoms with van der Waals surface area (Å²) < 4.78 is 1.16. The van der Waals surface area contributed by atoms with Gasteiger partial charge in [0.05, 0.1) is 6.61 Å². The van der Waals surface area contributed by atoms with Crippen LogP contribution in [0.1, 0.15) is 30.5 Å². The molecule has 0 heterocycles. The van der Waals surface area contributed by atoms with Crippen LogP contribution in [0.25, 0.3) is 0 Å². The number of aryl methyl sites for hydroxylation is 2. The van der Waals surface area contributed by atoms with Gasteiger partial charge in [-0.3, -0.25) is 0 Å². The highest BCUT2D eigenvalue weighted by atomic mass is 79.9. The van der Waals surface area contributed by atoms with Gasteiger partial charge in [0.15, 0.2) is 0 Å². The lowest BCUT2D eigenvalue weighted by molar-refractivity contribution is 0.218. The summed E-state index contributed by atoms with van der Waals surface area (Å²) in [5, 5.41) is 9.29. The first-order chi connectivity index (χ1) is 6.38. The number of benzene rings is 1. The Balaban J connectivity index is 3.26. The summed E-state index contributed by atoms with van der Waals surface area (Å²) in [5.74, 6) is 0. The Morgan fingerprint density at radius 3 is 2.00 bits per heavy atom. The summed E-state index contributed by atoms with van der Waals surface area (Å²) in [6.07, 6.45) is 0. The van der Waals surface area contributed by atoms with Crippen molar-refractivity contribution >= 4 is 15.9 Å². The third kappa shape index (κ3) is 2.18. The van der Waals surface area contributed by atoms with Gasteiger partial charge in [-0.05, 0) is 30.5 Å². The van der Waals surface area contributed by atoms with Gasteiger partial charge >= 0.3 is 0 Å². The van der Waals surface area contributed by atoms with Gasteiger partial charge in [0, 0.05) is 9.89 Å². The second-order valence-electron chi connectivity index (χ2n) is 4.47. The zero-order chi connectivity index (χ0) is 10.9. The Bertz CT molecular complexity index is 319. The number of aliphatic hydroxyl groups is 1. The van der Waals surface area contributed by atoms with Crippen LogP contribution < -0.4 is 0 Å². The predicted molar refractivity (Wildman–Crippen MR) is 63.7 cm³/mol. The van der Waals surface area contributed by atoms with E-state index in [0.717, 1.165) is 4.47 Å². The highest BCUT2D eigenvalue weighted by Crippen LogP contribution is 2.29. The van der Waals surface area contributed by atoms with E-state index in [2.05, 4.69) is 55.8 Å². The Labute approximate surface area is 94.3 Å². The van der Waals surface area contributed by atoms with Crippen molar-refractivity contribution in [1.82, 2.24) is 0 Å². The van der Waals surface area contributed by atoms with Crippen LogP contribution in [-0.4, -0.2) is 11.7 Å². The van der Waals surface area contributed by atoms with Gasteiger partial charge < -0.3 is 5.11 Å². The summed E-state index contributed by atoms with van der Waals surface area (Å²) in [6, 6.07) is 4.26. The van der Waals surface area contributed by atoms with Crippen LogP contribution in [0.3, 0.4) is 0 Å². The van der Waals surface area contributed by atoms with E-state index in [0.29, 0.717) is 0 Å². The Morgan fingerprint density at radius 2 is 1.64 bits per heavy atom. The van der Waals surface area contributed by atoms with E-state index in [-0.39, 0.29) is 12.0 Å². The minimum Gasteiger partial charge on any atom is -0.395 e. The molecule has 1 N–H and O–H groups in total. The predicted octanol–water partition coefficient (Wildman–Crippen LogP) is 3.34. The Kier molecular flexibility index (Phi) is 3.38. The van der Waals surface area contributed by atoms with Crippen LogP contribution in [0.4, 0.5) is 0 Å². The monoisotopic (exact) mass is 256 g/mol. The van der Waals surface area contributed by atoms with Gasteiger partial charge in [-0.25, -0.2) is 0 Å². The molecule has 1 aromatic carbocycles.